The van der Waals surface area contributed by atoms with E-state index < -0.39 is 0 Å². The van der Waals surface area contributed by atoms with Crippen molar-refractivity contribution in [3.63, 3.8) is 0 Å². The van der Waals surface area contributed by atoms with E-state index in [1.165, 1.54) is 0 Å². The normalized spacial score (nSPS) is 12.2. The lowest BCUT2D eigenvalue weighted by atomic mass is 10.1. The molecule has 0 aliphatic heterocycles. The van der Waals surface area contributed by atoms with E-state index in [1.807, 2.05) is 0 Å². The Kier molecular flexibility index (Phi) is 5.29. The van der Waals surface area contributed by atoms with Gasteiger partial charge < -0.3 is 5.11 Å². The molecule has 0 spiro atoms. The topological polar surface area (TPSA) is 20.2 Å². The van der Waals surface area contributed by atoms with Gasteiger partial charge in [0.2, 0.25) is 0 Å². The Balaban J connectivity index is 3.25. The highest BCUT2D eigenvalue weighted by molar-refractivity contribution is 4.78. The maximum atomic E-state index is 9.08. The van der Waals surface area contributed by atoms with Crippen LogP contribution in [-0.2, 0) is 0 Å². The summed E-state index contributed by atoms with van der Waals surface area (Å²) < 4.78 is 0. The monoisotopic (exact) mass is 126 g/mol. The van der Waals surface area contributed by atoms with Gasteiger partial charge in [0.25, 0.3) is 0 Å². The molecule has 0 fully saturated rings. The summed E-state index contributed by atoms with van der Waals surface area (Å²) in [5.74, 6) is 0. The van der Waals surface area contributed by atoms with Gasteiger partial charge in [0, 0.05) is 0 Å². The third-order valence-electron chi connectivity index (χ3n) is 1.16. The Morgan fingerprint density at radius 3 is 2.89 bits per heavy atom. The van der Waals surface area contributed by atoms with Crippen molar-refractivity contribution in [3.8, 4) is 0 Å². The van der Waals surface area contributed by atoms with E-state index in [1.54, 1.807) is 6.08 Å². The third-order valence-corrected chi connectivity index (χ3v) is 1.16. The summed E-state index contributed by atoms with van der Waals surface area (Å²) >= 11 is 0. The summed E-state index contributed by atoms with van der Waals surface area (Å²) in [6.07, 6.45) is 4.17. The van der Waals surface area contributed by atoms with Gasteiger partial charge in [-0.3, -0.25) is 0 Å². The zero-order chi connectivity index (χ0) is 7.11. The van der Waals surface area contributed by atoms with Crippen molar-refractivity contribution in [2.24, 2.45) is 0 Å². The first-order valence-corrected chi connectivity index (χ1v) is 3.33. The number of hydrogen-bond donors (Lipinski definition) is 1. The molecule has 0 rings (SSSR count). The molecule has 1 N–H and O–H groups in total. The van der Waals surface area contributed by atoms with Crippen LogP contribution in [0.15, 0.2) is 18.4 Å². The lowest BCUT2D eigenvalue weighted by molar-refractivity contribution is 0.167. The molecule has 0 saturated heterocycles. The van der Waals surface area contributed by atoms with Gasteiger partial charge in [-0.05, 0) is 18.9 Å². The number of rotatable bonds is 4. The fraction of sp³-hybridized carbons (Fsp3) is 0.625. The lowest BCUT2D eigenvalue weighted by Gasteiger charge is -2.02. The van der Waals surface area contributed by atoms with Gasteiger partial charge in [-0.2, -0.15) is 0 Å². The van der Waals surface area contributed by atoms with E-state index in [4.69, 9.17) is 5.11 Å². The first-order chi connectivity index (χ1) is 4.31. The van der Waals surface area contributed by atoms with Crippen molar-refractivity contribution in [1.82, 2.24) is 0 Å². The maximum Gasteiger partial charge on any atom is 0.0580 e. The molecule has 9 heavy (non-hydrogen) atoms. The second-order valence-corrected chi connectivity index (χ2v) is 2.09. The van der Waals surface area contributed by atoms with E-state index in [2.05, 4.69) is 19.2 Å². The van der Waals surface area contributed by atoms with E-state index in [0.717, 1.165) is 12.8 Å². The molecule has 0 aromatic heterocycles. The fourth-order valence-electron chi connectivity index (χ4n) is 0.670. The number of aliphatic hydroxyl groups is 1. The van der Waals surface area contributed by atoms with Crippen molar-refractivity contribution < 1.29 is 5.11 Å². The predicted molar refractivity (Wildman–Crippen MR) is 39.2 cm³/mol. The summed E-state index contributed by atoms with van der Waals surface area (Å²) in [6.45, 7) is 5.46. The summed E-state index contributed by atoms with van der Waals surface area (Å²) in [5, 5.41) is 9.08. The SMILES string of the molecule is C=C=CCC(O)CCC. The van der Waals surface area contributed by atoms with E-state index in [-0.39, 0.29) is 6.10 Å². The smallest absolute Gasteiger partial charge is 0.0580 e. The molecule has 0 aromatic rings. The Morgan fingerprint density at radius 1 is 1.78 bits per heavy atom. The molecule has 52 valence electrons. The highest BCUT2D eigenvalue weighted by Crippen LogP contribution is 2.00. The molecule has 0 bridgehead atoms. The fourth-order valence-corrected chi connectivity index (χ4v) is 0.670. The second kappa shape index (κ2) is 5.61. The first-order valence-electron chi connectivity index (χ1n) is 3.33. The molecule has 0 aromatic carbocycles. The van der Waals surface area contributed by atoms with Crippen molar-refractivity contribution in [2.45, 2.75) is 32.3 Å². The van der Waals surface area contributed by atoms with Gasteiger partial charge in [-0.25, -0.2) is 0 Å². The van der Waals surface area contributed by atoms with E-state index in [9.17, 15) is 0 Å². The molecule has 1 nitrogen and oxygen atoms in total. The zero-order valence-corrected chi connectivity index (χ0v) is 5.93. The highest BCUT2D eigenvalue weighted by Gasteiger charge is 1.96. The molecule has 1 heteroatoms. The van der Waals surface area contributed by atoms with Gasteiger partial charge in [0.15, 0.2) is 0 Å². The van der Waals surface area contributed by atoms with E-state index in [0.29, 0.717) is 6.42 Å². The average Bonchev–Trinajstić information content (AvgIpc) is 1.85. The van der Waals surface area contributed by atoms with Crippen LogP contribution in [0.1, 0.15) is 26.2 Å². The summed E-state index contributed by atoms with van der Waals surface area (Å²) in [7, 11) is 0. The van der Waals surface area contributed by atoms with Crippen LogP contribution in [0.2, 0.25) is 0 Å². The average molecular weight is 126 g/mol. The van der Waals surface area contributed by atoms with Crippen molar-refractivity contribution in [2.75, 3.05) is 0 Å². The molecule has 0 radical (unpaired) electrons. The van der Waals surface area contributed by atoms with Crippen LogP contribution in [0.25, 0.3) is 0 Å². The molecule has 1 unspecified atom stereocenters. The minimum absolute atomic E-state index is 0.191. The van der Waals surface area contributed by atoms with Crippen molar-refractivity contribution in [3.05, 3.63) is 18.4 Å². The van der Waals surface area contributed by atoms with Gasteiger partial charge in [0.05, 0.1) is 6.10 Å². The molecular weight excluding hydrogens is 112 g/mol. The Morgan fingerprint density at radius 2 is 2.44 bits per heavy atom. The number of hydrogen-bond acceptors (Lipinski definition) is 1. The van der Waals surface area contributed by atoms with Gasteiger partial charge in [-0.1, -0.05) is 19.9 Å². The first kappa shape index (κ1) is 8.48. The minimum atomic E-state index is -0.191. The largest absolute Gasteiger partial charge is 0.393 e. The summed E-state index contributed by atoms with van der Waals surface area (Å²) in [4.78, 5) is 0. The molecule has 1 atom stereocenters. The van der Waals surface area contributed by atoms with E-state index >= 15 is 0 Å². The van der Waals surface area contributed by atoms with Crippen molar-refractivity contribution in [1.29, 1.82) is 0 Å². The standard InChI is InChI=1S/C8H14O/c1-3-5-7-8(9)6-4-2/h5,8-9H,1,4,6-7H2,2H3. The third kappa shape index (κ3) is 5.35. The van der Waals surface area contributed by atoms with Crippen LogP contribution >= 0.6 is 0 Å². The van der Waals surface area contributed by atoms with Gasteiger partial charge in [-0.15, -0.1) is 5.73 Å². The quantitative estimate of drug-likeness (QED) is 0.570. The molecule has 0 heterocycles. The lowest BCUT2D eigenvalue weighted by Crippen LogP contribution is -2.02. The Bertz CT molecular complexity index is 101. The van der Waals surface area contributed by atoms with Crippen LogP contribution in [0.5, 0.6) is 0 Å². The van der Waals surface area contributed by atoms with Crippen molar-refractivity contribution >= 4 is 0 Å². The van der Waals surface area contributed by atoms with Crippen LogP contribution in [0.3, 0.4) is 0 Å². The predicted octanol–water partition coefficient (Wildman–Crippen LogP) is 1.88. The van der Waals surface area contributed by atoms with Crippen LogP contribution < -0.4 is 0 Å². The molecular formula is C8H14O. The Hall–Kier alpha value is -0.520. The second-order valence-electron chi connectivity index (χ2n) is 2.09. The summed E-state index contributed by atoms with van der Waals surface area (Å²) in [5.41, 5.74) is 2.62. The molecule has 0 aliphatic carbocycles. The maximum absolute atomic E-state index is 9.08. The van der Waals surface area contributed by atoms with Crippen LogP contribution in [0.4, 0.5) is 0 Å². The summed E-state index contributed by atoms with van der Waals surface area (Å²) in [6, 6.07) is 0. The van der Waals surface area contributed by atoms with Gasteiger partial charge >= 0.3 is 0 Å². The van der Waals surface area contributed by atoms with Crippen LogP contribution in [-0.4, -0.2) is 11.2 Å². The minimum Gasteiger partial charge on any atom is -0.393 e. The van der Waals surface area contributed by atoms with Crippen LogP contribution in [0, 0.1) is 0 Å². The highest BCUT2D eigenvalue weighted by atomic mass is 16.3. The molecule has 0 saturated carbocycles. The molecule has 0 amide bonds. The molecule has 0 aliphatic rings. The van der Waals surface area contributed by atoms with Gasteiger partial charge in [0.1, 0.15) is 0 Å². The number of aliphatic hydroxyl groups excluding tert-OH is 1. The Labute approximate surface area is 56.7 Å². The zero-order valence-electron chi connectivity index (χ0n) is 5.93.